The Hall–Kier alpha value is -2.67. The monoisotopic (exact) mass is 340 g/mol. The summed E-state index contributed by atoms with van der Waals surface area (Å²) in [6.07, 6.45) is 1.14. The Balaban J connectivity index is 1.81. The van der Waals surface area contributed by atoms with Crippen LogP contribution in [0.4, 0.5) is 5.82 Å². The highest BCUT2D eigenvalue weighted by molar-refractivity contribution is 6.11. The van der Waals surface area contributed by atoms with Crippen molar-refractivity contribution in [2.24, 2.45) is 0 Å². The van der Waals surface area contributed by atoms with E-state index in [1.54, 1.807) is 6.33 Å². The molecule has 0 radical (unpaired) electrons. The lowest BCUT2D eigenvalue weighted by molar-refractivity contribution is -0.145. The number of carbonyl (C=O) groups is 1. The predicted molar refractivity (Wildman–Crippen MR) is 94.8 cm³/mol. The molecule has 0 amide bonds. The average Bonchev–Trinajstić information content (AvgIpc) is 2.91. The van der Waals surface area contributed by atoms with Gasteiger partial charge in [-0.1, -0.05) is 18.2 Å². The fourth-order valence-corrected chi connectivity index (χ4v) is 3.65. The van der Waals surface area contributed by atoms with Gasteiger partial charge >= 0.3 is 5.97 Å². The first-order valence-corrected chi connectivity index (χ1v) is 8.29. The molecule has 0 spiro atoms. The Kier molecular flexibility index (Phi) is 3.61. The predicted octanol–water partition coefficient (Wildman–Crippen LogP) is 2.57. The smallest absolute Gasteiger partial charge is 0.306 e. The molecular weight excluding hydrogens is 320 g/mol. The highest BCUT2D eigenvalue weighted by Crippen LogP contribution is 2.34. The number of aromatic nitrogens is 3. The molecule has 3 heterocycles. The Bertz CT molecular complexity index is 950. The normalized spacial score (nSPS) is 20.2. The Labute approximate surface area is 144 Å². The maximum absolute atomic E-state index is 11.1. The highest BCUT2D eigenvalue weighted by Gasteiger charge is 2.35. The lowest BCUT2D eigenvalue weighted by Crippen LogP contribution is -2.53. The number of aliphatic carboxylic acids is 1. The van der Waals surface area contributed by atoms with E-state index in [4.69, 9.17) is 9.84 Å². The molecule has 7 heteroatoms. The standard InChI is InChI=1S/C18H20N4O3/c1-18(2)9-22(8-11(25-18)7-14(23)24)17-15-12-5-3-4-6-13(12)21-16(15)19-10-20-17/h3-6,10-11H,7-9H2,1-2H3,(H,23,24)(H,19,20,21)/t11-/m1/s1. The van der Waals surface area contributed by atoms with Crippen molar-refractivity contribution in [3.8, 4) is 0 Å². The van der Waals surface area contributed by atoms with Crippen LogP contribution in [0.2, 0.25) is 0 Å². The second-order valence-corrected chi connectivity index (χ2v) is 7.07. The Morgan fingerprint density at radius 3 is 3.00 bits per heavy atom. The first-order valence-electron chi connectivity index (χ1n) is 8.29. The Morgan fingerprint density at radius 2 is 2.20 bits per heavy atom. The third-order valence-corrected chi connectivity index (χ3v) is 4.46. The molecule has 1 aliphatic heterocycles. The minimum atomic E-state index is -0.859. The first kappa shape index (κ1) is 15.8. The number of hydrogen-bond donors (Lipinski definition) is 2. The number of rotatable bonds is 3. The van der Waals surface area contributed by atoms with Gasteiger partial charge in [0.2, 0.25) is 0 Å². The fourth-order valence-electron chi connectivity index (χ4n) is 3.65. The van der Waals surface area contributed by atoms with Crippen molar-refractivity contribution in [2.75, 3.05) is 18.0 Å². The molecule has 3 aromatic rings. The van der Waals surface area contributed by atoms with E-state index in [9.17, 15) is 4.79 Å². The van der Waals surface area contributed by atoms with Crippen LogP contribution in [0.25, 0.3) is 21.9 Å². The summed E-state index contributed by atoms with van der Waals surface area (Å²) in [7, 11) is 0. The topological polar surface area (TPSA) is 91.3 Å². The van der Waals surface area contributed by atoms with Gasteiger partial charge in [0.15, 0.2) is 0 Å². The van der Waals surface area contributed by atoms with Crippen LogP contribution < -0.4 is 4.90 Å². The van der Waals surface area contributed by atoms with Crippen molar-refractivity contribution in [1.82, 2.24) is 15.0 Å². The van der Waals surface area contributed by atoms with E-state index < -0.39 is 11.6 Å². The van der Waals surface area contributed by atoms with Gasteiger partial charge in [-0.2, -0.15) is 0 Å². The molecule has 0 aliphatic carbocycles. The average molecular weight is 340 g/mol. The maximum Gasteiger partial charge on any atom is 0.306 e. The highest BCUT2D eigenvalue weighted by atomic mass is 16.5. The third kappa shape index (κ3) is 2.91. The summed E-state index contributed by atoms with van der Waals surface area (Å²) in [6, 6.07) is 8.02. The number of para-hydroxylation sites is 1. The molecule has 1 aromatic carbocycles. The molecule has 0 saturated carbocycles. The van der Waals surface area contributed by atoms with Crippen molar-refractivity contribution in [3.63, 3.8) is 0 Å². The minimum Gasteiger partial charge on any atom is -0.481 e. The largest absolute Gasteiger partial charge is 0.481 e. The summed E-state index contributed by atoms with van der Waals surface area (Å²) >= 11 is 0. The van der Waals surface area contributed by atoms with Gasteiger partial charge in [-0.15, -0.1) is 0 Å². The molecule has 0 unspecified atom stereocenters. The molecule has 2 N–H and O–H groups in total. The van der Waals surface area contributed by atoms with E-state index in [2.05, 4.69) is 19.9 Å². The number of carboxylic acids is 1. The molecule has 7 nitrogen and oxygen atoms in total. The number of anilines is 1. The number of nitrogens with zero attached hydrogens (tertiary/aromatic N) is 3. The van der Waals surface area contributed by atoms with Crippen LogP contribution >= 0.6 is 0 Å². The number of hydrogen-bond acceptors (Lipinski definition) is 5. The van der Waals surface area contributed by atoms with Crippen molar-refractivity contribution in [2.45, 2.75) is 32.0 Å². The van der Waals surface area contributed by atoms with Gasteiger partial charge in [-0.05, 0) is 19.9 Å². The Morgan fingerprint density at radius 1 is 1.40 bits per heavy atom. The van der Waals surface area contributed by atoms with E-state index in [1.807, 2.05) is 38.1 Å². The number of fused-ring (bicyclic) bond motifs is 3. The number of aromatic amines is 1. The van der Waals surface area contributed by atoms with Gasteiger partial charge in [0.1, 0.15) is 17.8 Å². The number of benzene rings is 1. The van der Waals surface area contributed by atoms with Gasteiger partial charge in [-0.3, -0.25) is 4.79 Å². The molecule has 1 fully saturated rings. The van der Waals surface area contributed by atoms with Crippen molar-refractivity contribution in [1.29, 1.82) is 0 Å². The van der Waals surface area contributed by atoms with Crippen LogP contribution in [-0.2, 0) is 9.53 Å². The molecule has 0 bridgehead atoms. The quantitative estimate of drug-likeness (QED) is 0.761. The molecule has 25 heavy (non-hydrogen) atoms. The van der Waals surface area contributed by atoms with Crippen LogP contribution in [-0.4, -0.2) is 50.8 Å². The minimum absolute atomic E-state index is 0.0258. The summed E-state index contributed by atoms with van der Waals surface area (Å²) in [5.41, 5.74) is 1.33. The van der Waals surface area contributed by atoms with E-state index in [1.165, 1.54) is 0 Å². The molecular formula is C18H20N4O3. The number of morpholine rings is 1. The summed E-state index contributed by atoms with van der Waals surface area (Å²) in [6.45, 7) is 5.07. The zero-order valence-electron chi connectivity index (χ0n) is 14.2. The summed E-state index contributed by atoms with van der Waals surface area (Å²) < 4.78 is 5.94. The van der Waals surface area contributed by atoms with Gasteiger partial charge in [0, 0.05) is 24.0 Å². The van der Waals surface area contributed by atoms with Gasteiger partial charge < -0.3 is 19.7 Å². The third-order valence-electron chi connectivity index (χ3n) is 4.46. The zero-order valence-corrected chi connectivity index (χ0v) is 14.2. The number of nitrogens with one attached hydrogen (secondary N) is 1. The van der Waals surface area contributed by atoms with Crippen molar-refractivity contribution < 1.29 is 14.6 Å². The molecule has 1 saturated heterocycles. The lowest BCUT2D eigenvalue weighted by Gasteiger charge is -2.43. The van der Waals surface area contributed by atoms with E-state index in [0.717, 1.165) is 27.8 Å². The van der Waals surface area contributed by atoms with E-state index >= 15 is 0 Å². The number of carboxylic acid groups (broad SMARTS) is 1. The summed E-state index contributed by atoms with van der Waals surface area (Å²) in [4.78, 5) is 25.5. The van der Waals surface area contributed by atoms with Gasteiger partial charge in [0.25, 0.3) is 0 Å². The second-order valence-electron chi connectivity index (χ2n) is 7.07. The fraction of sp³-hybridized carbons (Fsp3) is 0.389. The first-order chi connectivity index (χ1) is 11.9. The lowest BCUT2D eigenvalue weighted by atomic mass is 10.0. The molecule has 2 aromatic heterocycles. The molecule has 1 atom stereocenters. The molecule has 1 aliphatic rings. The van der Waals surface area contributed by atoms with Crippen molar-refractivity contribution >= 4 is 33.7 Å². The maximum atomic E-state index is 11.1. The molecule has 130 valence electrons. The van der Waals surface area contributed by atoms with Crippen molar-refractivity contribution in [3.05, 3.63) is 30.6 Å². The van der Waals surface area contributed by atoms with Gasteiger partial charge in [-0.25, -0.2) is 9.97 Å². The van der Waals surface area contributed by atoms with E-state index in [-0.39, 0.29) is 12.5 Å². The van der Waals surface area contributed by atoms with Crippen LogP contribution in [0.3, 0.4) is 0 Å². The van der Waals surface area contributed by atoms with E-state index in [0.29, 0.717) is 13.1 Å². The zero-order chi connectivity index (χ0) is 17.6. The van der Waals surface area contributed by atoms with Gasteiger partial charge in [0.05, 0.1) is 23.5 Å². The van der Waals surface area contributed by atoms with Crippen LogP contribution in [0.5, 0.6) is 0 Å². The second kappa shape index (κ2) is 5.70. The number of H-pyrrole nitrogens is 1. The van der Waals surface area contributed by atoms with Crippen LogP contribution in [0, 0.1) is 0 Å². The summed E-state index contributed by atoms with van der Waals surface area (Å²) in [5, 5.41) is 11.2. The SMILES string of the molecule is CC1(C)CN(c2ncnc3[nH]c4ccccc4c23)C[C@@H](CC(=O)O)O1. The summed E-state index contributed by atoms with van der Waals surface area (Å²) in [5.74, 6) is -0.0446. The molecule has 4 rings (SSSR count). The van der Waals surface area contributed by atoms with Crippen LogP contribution in [0.1, 0.15) is 20.3 Å². The number of ether oxygens (including phenoxy) is 1. The van der Waals surface area contributed by atoms with Crippen LogP contribution in [0.15, 0.2) is 30.6 Å².